The van der Waals surface area contributed by atoms with Gasteiger partial charge in [-0.05, 0) is 18.6 Å². The van der Waals surface area contributed by atoms with Gasteiger partial charge in [0.25, 0.3) is 0 Å². The van der Waals surface area contributed by atoms with Crippen molar-refractivity contribution in [3.05, 3.63) is 28.2 Å². The highest BCUT2D eigenvalue weighted by Crippen LogP contribution is 2.25. The molecule has 0 heterocycles. The summed E-state index contributed by atoms with van der Waals surface area (Å²) in [5.41, 5.74) is 7.44. The highest BCUT2D eigenvalue weighted by molar-refractivity contribution is 9.10. The fourth-order valence-corrected chi connectivity index (χ4v) is 2.11. The summed E-state index contributed by atoms with van der Waals surface area (Å²) in [5.74, 6) is -0.160. The third-order valence-corrected chi connectivity index (χ3v) is 3.34. The Morgan fingerprint density at radius 3 is 2.89 bits per heavy atom. The molecule has 1 atom stereocenters. The van der Waals surface area contributed by atoms with E-state index in [1.165, 1.54) is 0 Å². The standard InChI is InChI=1S/C13H19BrN2O2/c1-3-5-11(15)13(17)16-12-7-4-6-10(14)9(12)8-18-2/h4,6-7,11H,3,5,8,15H2,1-2H3,(H,16,17)/t11-/m1/s1. The van der Waals surface area contributed by atoms with Crippen LogP contribution < -0.4 is 11.1 Å². The van der Waals surface area contributed by atoms with Crippen molar-refractivity contribution in [1.82, 2.24) is 0 Å². The SMILES string of the molecule is CCC[C@@H](N)C(=O)Nc1cccc(Br)c1COC. The van der Waals surface area contributed by atoms with Gasteiger partial charge in [0.15, 0.2) is 0 Å². The van der Waals surface area contributed by atoms with E-state index in [-0.39, 0.29) is 5.91 Å². The molecule has 4 nitrogen and oxygen atoms in total. The van der Waals surface area contributed by atoms with Gasteiger partial charge in [-0.2, -0.15) is 0 Å². The zero-order valence-electron chi connectivity index (χ0n) is 10.7. The number of benzene rings is 1. The Kier molecular flexibility index (Phi) is 6.32. The number of halogens is 1. The van der Waals surface area contributed by atoms with Crippen LogP contribution >= 0.6 is 15.9 Å². The number of nitrogens with one attached hydrogen (secondary N) is 1. The monoisotopic (exact) mass is 314 g/mol. The van der Waals surface area contributed by atoms with Gasteiger partial charge in [0.05, 0.1) is 12.6 Å². The summed E-state index contributed by atoms with van der Waals surface area (Å²) >= 11 is 3.44. The van der Waals surface area contributed by atoms with Crippen LogP contribution in [-0.4, -0.2) is 19.1 Å². The minimum absolute atomic E-state index is 0.160. The second-order valence-corrected chi connectivity index (χ2v) is 4.94. The van der Waals surface area contributed by atoms with Crippen LogP contribution in [0.2, 0.25) is 0 Å². The molecule has 5 heteroatoms. The Balaban J connectivity index is 2.83. The maximum absolute atomic E-state index is 11.9. The normalized spacial score (nSPS) is 12.2. The van der Waals surface area contributed by atoms with Crippen LogP contribution in [-0.2, 0) is 16.1 Å². The van der Waals surface area contributed by atoms with Gasteiger partial charge < -0.3 is 15.8 Å². The van der Waals surface area contributed by atoms with Crippen LogP contribution in [0.4, 0.5) is 5.69 Å². The minimum atomic E-state index is -0.468. The van der Waals surface area contributed by atoms with Crippen molar-refractivity contribution in [1.29, 1.82) is 0 Å². The van der Waals surface area contributed by atoms with Crippen molar-refractivity contribution in [2.45, 2.75) is 32.4 Å². The van der Waals surface area contributed by atoms with E-state index in [9.17, 15) is 4.79 Å². The number of ether oxygens (including phenoxy) is 1. The highest BCUT2D eigenvalue weighted by atomic mass is 79.9. The molecule has 0 fully saturated rings. The molecule has 0 saturated heterocycles. The summed E-state index contributed by atoms with van der Waals surface area (Å²) < 4.78 is 6.03. The van der Waals surface area contributed by atoms with E-state index in [0.717, 1.165) is 22.1 Å². The maximum Gasteiger partial charge on any atom is 0.241 e. The second-order valence-electron chi connectivity index (χ2n) is 4.08. The molecule has 0 aromatic heterocycles. The van der Waals surface area contributed by atoms with E-state index in [1.54, 1.807) is 7.11 Å². The molecule has 100 valence electrons. The van der Waals surface area contributed by atoms with E-state index in [2.05, 4.69) is 21.2 Å². The van der Waals surface area contributed by atoms with Gasteiger partial charge in [0.1, 0.15) is 0 Å². The van der Waals surface area contributed by atoms with Crippen molar-refractivity contribution in [2.24, 2.45) is 5.73 Å². The summed E-state index contributed by atoms with van der Waals surface area (Å²) in [4.78, 5) is 11.9. The molecule has 1 aromatic rings. The first-order chi connectivity index (χ1) is 8.60. The molecule has 0 aliphatic carbocycles. The van der Waals surface area contributed by atoms with E-state index >= 15 is 0 Å². The average Bonchev–Trinajstić information content (AvgIpc) is 2.34. The van der Waals surface area contributed by atoms with Crippen LogP contribution in [0.5, 0.6) is 0 Å². The number of anilines is 1. The predicted molar refractivity (Wildman–Crippen MR) is 76.4 cm³/mol. The number of methoxy groups -OCH3 is 1. The topological polar surface area (TPSA) is 64.4 Å². The van der Waals surface area contributed by atoms with E-state index in [1.807, 2.05) is 25.1 Å². The van der Waals surface area contributed by atoms with Gasteiger partial charge in [-0.25, -0.2) is 0 Å². The molecular formula is C13H19BrN2O2. The fourth-order valence-electron chi connectivity index (χ4n) is 1.63. The van der Waals surface area contributed by atoms with Gasteiger partial charge >= 0.3 is 0 Å². The molecule has 0 radical (unpaired) electrons. The lowest BCUT2D eigenvalue weighted by molar-refractivity contribution is -0.117. The zero-order valence-corrected chi connectivity index (χ0v) is 12.3. The van der Waals surface area contributed by atoms with Gasteiger partial charge in [0, 0.05) is 22.8 Å². The molecule has 1 rings (SSSR count). The third-order valence-electron chi connectivity index (χ3n) is 2.60. The van der Waals surface area contributed by atoms with E-state index < -0.39 is 6.04 Å². The van der Waals surface area contributed by atoms with Crippen LogP contribution in [0.3, 0.4) is 0 Å². The number of hydrogen-bond donors (Lipinski definition) is 2. The first-order valence-corrected chi connectivity index (χ1v) is 6.72. The summed E-state index contributed by atoms with van der Waals surface area (Å²) in [7, 11) is 1.62. The molecular weight excluding hydrogens is 296 g/mol. The van der Waals surface area contributed by atoms with Crippen LogP contribution in [0.15, 0.2) is 22.7 Å². The van der Waals surface area contributed by atoms with Crippen molar-refractivity contribution < 1.29 is 9.53 Å². The number of nitrogens with two attached hydrogens (primary N) is 1. The number of rotatable bonds is 6. The van der Waals surface area contributed by atoms with Crippen LogP contribution in [0.1, 0.15) is 25.3 Å². The molecule has 18 heavy (non-hydrogen) atoms. The number of carbonyl (C=O) groups excluding carboxylic acids is 1. The highest BCUT2D eigenvalue weighted by Gasteiger charge is 2.15. The summed E-state index contributed by atoms with van der Waals surface area (Å²) in [5, 5.41) is 2.85. The smallest absolute Gasteiger partial charge is 0.241 e. The van der Waals surface area contributed by atoms with Crippen molar-refractivity contribution >= 4 is 27.5 Å². The predicted octanol–water partition coefficient (Wildman–Crippen LogP) is 2.66. The van der Waals surface area contributed by atoms with Gasteiger partial charge in [-0.1, -0.05) is 35.3 Å². The van der Waals surface area contributed by atoms with Gasteiger partial charge in [-0.3, -0.25) is 4.79 Å². The lowest BCUT2D eigenvalue weighted by Crippen LogP contribution is -2.35. The molecule has 0 saturated carbocycles. The Labute approximate surface area is 116 Å². The molecule has 0 bridgehead atoms. The van der Waals surface area contributed by atoms with Gasteiger partial charge in [-0.15, -0.1) is 0 Å². The second kappa shape index (κ2) is 7.51. The molecule has 1 amide bonds. The first-order valence-electron chi connectivity index (χ1n) is 5.92. The van der Waals surface area contributed by atoms with Crippen LogP contribution in [0, 0.1) is 0 Å². The summed E-state index contributed by atoms with van der Waals surface area (Å²) in [6, 6.07) is 5.15. The minimum Gasteiger partial charge on any atom is -0.380 e. The molecule has 1 aromatic carbocycles. The number of amides is 1. The fraction of sp³-hybridized carbons (Fsp3) is 0.462. The average molecular weight is 315 g/mol. The Morgan fingerprint density at radius 1 is 1.56 bits per heavy atom. The first kappa shape index (κ1) is 15.1. The number of hydrogen-bond acceptors (Lipinski definition) is 3. The van der Waals surface area contributed by atoms with Crippen LogP contribution in [0.25, 0.3) is 0 Å². The largest absolute Gasteiger partial charge is 0.380 e. The lowest BCUT2D eigenvalue weighted by atomic mass is 10.1. The van der Waals surface area contributed by atoms with Crippen molar-refractivity contribution in [3.8, 4) is 0 Å². The molecule has 0 unspecified atom stereocenters. The Hall–Kier alpha value is -0.910. The maximum atomic E-state index is 11.9. The molecule has 0 aliphatic rings. The zero-order chi connectivity index (χ0) is 13.5. The Morgan fingerprint density at radius 2 is 2.28 bits per heavy atom. The van der Waals surface area contributed by atoms with Crippen molar-refractivity contribution in [2.75, 3.05) is 12.4 Å². The summed E-state index contributed by atoms with van der Waals surface area (Å²) in [6.45, 7) is 2.43. The molecule has 0 aliphatic heterocycles. The van der Waals surface area contributed by atoms with E-state index in [4.69, 9.17) is 10.5 Å². The van der Waals surface area contributed by atoms with E-state index in [0.29, 0.717) is 13.0 Å². The quantitative estimate of drug-likeness (QED) is 0.848. The Bertz CT molecular complexity index is 410. The molecule has 3 N–H and O–H groups in total. The summed E-state index contributed by atoms with van der Waals surface area (Å²) in [6.07, 6.45) is 1.57. The lowest BCUT2D eigenvalue weighted by Gasteiger charge is -2.15. The molecule has 0 spiro atoms. The van der Waals surface area contributed by atoms with Gasteiger partial charge in [0.2, 0.25) is 5.91 Å². The third kappa shape index (κ3) is 4.08. The van der Waals surface area contributed by atoms with Crippen molar-refractivity contribution in [3.63, 3.8) is 0 Å². The number of carbonyl (C=O) groups is 1.